The second-order valence-corrected chi connectivity index (χ2v) is 10.1. The number of fused-ring (bicyclic) bond motifs is 1. The zero-order valence-corrected chi connectivity index (χ0v) is 21.1. The van der Waals surface area contributed by atoms with Gasteiger partial charge in [-0.2, -0.15) is 4.98 Å². The summed E-state index contributed by atoms with van der Waals surface area (Å²) < 4.78 is 30.6. The predicted octanol–water partition coefficient (Wildman–Crippen LogP) is 4.27. The highest BCUT2D eigenvalue weighted by Crippen LogP contribution is 2.37. The Morgan fingerprint density at radius 1 is 1.11 bits per heavy atom. The number of nitrogens with zero attached hydrogens (tertiary/aromatic N) is 5. The third-order valence-electron chi connectivity index (χ3n) is 7.20. The minimum atomic E-state index is -1.17. The second kappa shape index (κ2) is 10.6. The molecule has 3 aromatic rings. The third-order valence-corrected chi connectivity index (χ3v) is 7.50. The first-order valence-corrected chi connectivity index (χ1v) is 12.8. The zero-order chi connectivity index (χ0) is 27.0. The molecule has 0 spiro atoms. The third kappa shape index (κ3) is 5.15. The topological polar surface area (TPSA) is 151 Å². The van der Waals surface area contributed by atoms with Crippen molar-refractivity contribution < 1.29 is 23.5 Å². The molecule has 2 amide bonds. The van der Waals surface area contributed by atoms with Crippen LogP contribution in [0.4, 0.5) is 31.2 Å². The molecule has 1 aliphatic carbocycles. The summed E-state index contributed by atoms with van der Waals surface area (Å²) in [7, 11) is 0. The van der Waals surface area contributed by atoms with Gasteiger partial charge in [-0.3, -0.25) is 9.36 Å². The highest BCUT2D eigenvalue weighted by atomic mass is 35.5. The first-order valence-electron chi connectivity index (χ1n) is 12.4. The van der Waals surface area contributed by atoms with Crippen molar-refractivity contribution >= 4 is 52.3 Å². The summed E-state index contributed by atoms with van der Waals surface area (Å²) in [5, 5.41) is 15.1. The number of aromatic nitrogens is 4. The first-order chi connectivity index (χ1) is 18.2. The number of amides is 2. The number of hydrogen-bond donors (Lipinski definition) is 4. The van der Waals surface area contributed by atoms with E-state index in [-0.39, 0.29) is 40.6 Å². The molecular formula is C24H27ClF2N8O3. The number of carbonyl (C=O) groups is 2. The smallest absolute Gasteiger partial charge is 0.407 e. The molecule has 1 aromatic carbocycles. The monoisotopic (exact) mass is 548 g/mol. The minimum absolute atomic E-state index is 0.141. The molecular weight excluding hydrogens is 522 g/mol. The molecule has 202 valence electrons. The number of likely N-dealkylation sites (tertiary alicyclic amines) is 1. The van der Waals surface area contributed by atoms with Gasteiger partial charge in [-0.1, -0.05) is 11.6 Å². The van der Waals surface area contributed by atoms with E-state index in [0.717, 1.165) is 6.42 Å². The molecule has 1 atom stereocenters. The van der Waals surface area contributed by atoms with Gasteiger partial charge in [0.25, 0.3) is 0 Å². The predicted molar refractivity (Wildman–Crippen MR) is 136 cm³/mol. The van der Waals surface area contributed by atoms with Crippen LogP contribution in [-0.2, 0) is 4.79 Å². The van der Waals surface area contributed by atoms with Gasteiger partial charge in [0.2, 0.25) is 17.8 Å². The number of halogens is 3. The lowest BCUT2D eigenvalue weighted by Crippen LogP contribution is -2.44. The quantitative estimate of drug-likeness (QED) is 0.333. The Kier molecular flexibility index (Phi) is 7.19. The van der Waals surface area contributed by atoms with Crippen molar-refractivity contribution in [3.8, 4) is 0 Å². The minimum Gasteiger partial charge on any atom is -0.465 e. The highest BCUT2D eigenvalue weighted by Gasteiger charge is 2.30. The summed E-state index contributed by atoms with van der Waals surface area (Å²) in [5.74, 6) is -2.33. The van der Waals surface area contributed by atoms with Gasteiger partial charge in [0.15, 0.2) is 17.3 Å². The van der Waals surface area contributed by atoms with Gasteiger partial charge in [0.05, 0.1) is 16.9 Å². The summed E-state index contributed by atoms with van der Waals surface area (Å²) in [4.78, 5) is 38.0. The van der Waals surface area contributed by atoms with Crippen molar-refractivity contribution in [3.05, 3.63) is 35.0 Å². The van der Waals surface area contributed by atoms with Gasteiger partial charge in [-0.05, 0) is 50.7 Å². The lowest BCUT2D eigenvalue weighted by Gasteiger charge is -2.31. The van der Waals surface area contributed by atoms with E-state index in [1.54, 1.807) is 0 Å². The largest absolute Gasteiger partial charge is 0.465 e. The Bertz CT molecular complexity index is 1380. The van der Waals surface area contributed by atoms with E-state index in [2.05, 4.69) is 25.6 Å². The van der Waals surface area contributed by atoms with Crippen molar-refractivity contribution in [1.29, 1.82) is 0 Å². The number of nitrogens with two attached hydrogens (primary N) is 1. The molecule has 11 nitrogen and oxygen atoms in total. The molecule has 1 saturated carbocycles. The fourth-order valence-electron chi connectivity index (χ4n) is 5.21. The maximum absolute atomic E-state index is 14.6. The summed E-state index contributed by atoms with van der Waals surface area (Å²) in [6, 6.07) is 2.27. The highest BCUT2D eigenvalue weighted by molar-refractivity contribution is 6.30. The van der Waals surface area contributed by atoms with Gasteiger partial charge >= 0.3 is 6.09 Å². The van der Waals surface area contributed by atoms with Crippen LogP contribution in [0.25, 0.3) is 11.2 Å². The van der Waals surface area contributed by atoms with Crippen LogP contribution in [0.1, 0.15) is 44.6 Å². The number of primary amides is 1. The number of benzene rings is 1. The van der Waals surface area contributed by atoms with Crippen LogP contribution in [0.15, 0.2) is 18.3 Å². The van der Waals surface area contributed by atoms with Crippen LogP contribution in [0, 0.1) is 17.6 Å². The van der Waals surface area contributed by atoms with Gasteiger partial charge in [-0.15, -0.1) is 0 Å². The van der Waals surface area contributed by atoms with E-state index in [0.29, 0.717) is 62.3 Å². The molecule has 2 fully saturated rings. The summed E-state index contributed by atoms with van der Waals surface area (Å²) >= 11 is 5.71. The Morgan fingerprint density at radius 2 is 1.87 bits per heavy atom. The lowest BCUT2D eigenvalue weighted by molar-refractivity contribution is -0.122. The number of carboxylic acid groups (broad SMARTS) is 1. The van der Waals surface area contributed by atoms with Gasteiger partial charge in [-0.25, -0.2) is 23.5 Å². The summed E-state index contributed by atoms with van der Waals surface area (Å²) in [5.41, 5.74) is 6.26. The molecule has 2 aliphatic rings. The van der Waals surface area contributed by atoms with Crippen LogP contribution >= 0.6 is 11.6 Å². The normalized spacial score (nSPS) is 21.9. The van der Waals surface area contributed by atoms with E-state index in [9.17, 15) is 23.5 Å². The fraction of sp³-hybridized carbons (Fsp3) is 0.458. The number of rotatable bonds is 6. The van der Waals surface area contributed by atoms with E-state index in [1.807, 2.05) is 4.57 Å². The maximum atomic E-state index is 14.6. The molecule has 1 saturated heterocycles. The van der Waals surface area contributed by atoms with Crippen LogP contribution in [0.5, 0.6) is 0 Å². The summed E-state index contributed by atoms with van der Waals surface area (Å²) in [6.45, 7) is 0.784. The zero-order valence-electron chi connectivity index (χ0n) is 20.3. The Balaban J connectivity index is 1.49. The Hall–Kier alpha value is -3.74. The molecule has 1 aliphatic heterocycles. The van der Waals surface area contributed by atoms with Crippen molar-refractivity contribution in [2.24, 2.45) is 11.7 Å². The number of anilines is 3. The lowest BCUT2D eigenvalue weighted by atomic mass is 9.85. The summed E-state index contributed by atoms with van der Waals surface area (Å²) in [6.07, 6.45) is 4.39. The fourth-order valence-corrected chi connectivity index (χ4v) is 5.35. The molecule has 1 unspecified atom stereocenters. The molecule has 2 aromatic heterocycles. The molecule has 38 heavy (non-hydrogen) atoms. The van der Waals surface area contributed by atoms with E-state index >= 15 is 0 Å². The van der Waals surface area contributed by atoms with E-state index in [1.165, 1.54) is 23.2 Å². The molecule has 14 heteroatoms. The molecule has 0 radical (unpaired) electrons. The van der Waals surface area contributed by atoms with E-state index < -0.39 is 17.7 Å². The van der Waals surface area contributed by atoms with Crippen LogP contribution in [-0.4, -0.2) is 60.7 Å². The number of piperidine rings is 1. The molecule has 5 rings (SSSR count). The molecule has 5 N–H and O–H groups in total. The van der Waals surface area contributed by atoms with Crippen LogP contribution in [0.2, 0.25) is 5.02 Å². The van der Waals surface area contributed by atoms with Gasteiger partial charge in [0.1, 0.15) is 5.52 Å². The van der Waals surface area contributed by atoms with Crippen molar-refractivity contribution in [3.63, 3.8) is 0 Å². The number of hydrogen-bond acceptors (Lipinski definition) is 7. The van der Waals surface area contributed by atoms with Gasteiger partial charge < -0.3 is 26.4 Å². The first kappa shape index (κ1) is 25.9. The number of imidazole rings is 1. The standard InChI is InChI=1S/C24H27ClF2N8O3/c25-15-7-8-16(19(27)18(15)26)31-23-32-17-10-29-22(30-13-2-1-9-34(11-13)24(37)38)33-21(17)35(23)14-5-3-12(4-6-14)20(28)36/h7-8,10,12-14H,1-6,9,11H2,(H2,28,36)(H,31,32)(H,37,38)(H,29,30,33). The number of nitrogens with one attached hydrogen (secondary N) is 2. The van der Waals surface area contributed by atoms with Crippen molar-refractivity contribution in [2.45, 2.75) is 50.6 Å². The molecule has 0 bridgehead atoms. The second-order valence-electron chi connectivity index (χ2n) is 9.68. The Labute approximate surface area is 221 Å². The van der Waals surface area contributed by atoms with Crippen molar-refractivity contribution in [2.75, 3.05) is 23.7 Å². The average molecular weight is 549 g/mol. The van der Waals surface area contributed by atoms with Crippen molar-refractivity contribution in [1.82, 2.24) is 24.4 Å². The number of carbonyl (C=O) groups excluding carboxylic acids is 1. The van der Waals surface area contributed by atoms with E-state index in [4.69, 9.17) is 17.3 Å². The SMILES string of the molecule is NC(=O)C1CCC(n2c(Nc3ccc(Cl)c(F)c3F)nc3cnc(NC4CCCN(C(=O)O)C4)nc32)CC1. The molecule has 3 heterocycles. The maximum Gasteiger partial charge on any atom is 0.407 e. The van der Waals surface area contributed by atoms with Crippen LogP contribution in [0.3, 0.4) is 0 Å². The van der Waals surface area contributed by atoms with Crippen LogP contribution < -0.4 is 16.4 Å². The average Bonchev–Trinajstić information content (AvgIpc) is 3.26. The Morgan fingerprint density at radius 3 is 2.58 bits per heavy atom. The van der Waals surface area contributed by atoms with Gasteiger partial charge in [0, 0.05) is 31.1 Å².